The van der Waals surface area contributed by atoms with Crippen molar-refractivity contribution < 1.29 is 4.79 Å². The van der Waals surface area contributed by atoms with Crippen LogP contribution in [-0.4, -0.2) is 12.5 Å². The third kappa shape index (κ3) is 1.89. The van der Waals surface area contributed by atoms with Crippen LogP contribution in [0.3, 0.4) is 0 Å². The maximum Gasteiger partial charge on any atom is 0.234 e. The van der Waals surface area contributed by atoms with Crippen LogP contribution >= 0.6 is 0 Å². The quantitative estimate of drug-likeness (QED) is 0.689. The van der Waals surface area contributed by atoms with Crippen molar-refractivity contribution in [1.82, 2.24) is 10.9 Å². The first kappa shape index (κ1) is 10.6. The van der Waals surface area contributed by atoms with Crippen LogP contribution < -0.4 is 16.2 Å². The summed E-state index contributed by atoms with van der Waals surface area (Å²) in [5, 5.41) is 3.40. The van der Waals surface area contributed by atoms with Crippen LogP contribution in [0.1, 0.15) is 42.9 Å². The fourth-order valence-electron chi connectivity index (χ4n) is 2.57. The Bertz CT molecular complexity index is 448. The van der Waals surface area contributed by atoms with Gasteiger partial charge in [-0.05, 0) is 23.6 Å². The van der Waals surface area contributed by atoms with Gasteiger partial charge in [-0.3, -0.25) is 10.2 Å². The standard InChI is InChI=1S/C13H17N3O/c1-8-7-14-12-3-2-9(6-10(8)12)11-4-5-13(17)16-15-11/h2-3,6,8,11,14-15H,4-5,7H2,1H3,(H,16,17). The summed E-state index contributed by atoms with van der Waals surface area (Å²) in [6.45, 7) is 3.26. The Morgan fingerprint density at radius 1 is 1.35 bits per heavy atom. The third-order valence-corrected chi connectivity index (χ3v) is 3.65. The summed E-state index contributed by atoms with van der Waals surface area (Å²) >= 11 is 0. The zero-order valence-electron chi connectivity index (χ0n) is 9.92. The van der Waals surface area contributed by atoms with Crippen LogP contribution in [-0.2, 0) is 4.79 Å². The van der Waals surface area contributed by atoms with E-state index in [1.54, 1.807) is 0 Å². The minimum Gasteiger partial charge on any atom is -0.384 e. The molecule has 1 saturated heterocycles. The van der Waals surface area contributed by atoms with Crippen molar-refractivity contribution in [3.8, 4) is 0 Å². The van der Waals surface area contributed by atoms with Crippen molar-refractivity contribution in [2.45, 2.75) is 31.7 Å². The predicted molar refractivity (Wildman–Crippen MR) is 66.6 cm³/mol. The van der Waals surface area contributed by atoms with Crippen molar-refractivity contribution in [1.29, 1.82) is 0 Å². The van der Waals surface area contributed by atoms with Crippen LogP contribution in [0.5, 0.6) is 0 Å². The molecule has 0 aromatic heterocycles. The van der Waals surface area contributed by atoms with E-state index < -0.39 is 0 Å². The van der Waals surface area contributed by atoms with Crippen molar-refractivity contribution in [3.63, 3.8) is 0 Å². The minimum atomic E-state index is 0.0810. The fourth-order valence-corrected chi connectivity index (χ4v) is 2.57. The number of rotatable bonds is 1. The number of carbonyl (C=O) groups is 1. The van der Waals surface area contributed by atoms with Gasteiger partial charge in [-0.2, -0.15) is 0 Å². The fraction of sp³-hybridized carbons (Fsp3) is 0.462. The lowest BCUT2D eigenvalue weighted by molar-refractivity contribution is -0.124. The van der Waals surface area contributed by atoms with Gasteiger partial charge in [0, 0.05) is 24.6 Å². The Labute approximate surface area is 101 Å². The van der Waals surface area contributed by atoms with Crippen LogP contribution in [0.2, 0.25) is 0 Å². The van der Waals surface area contributed by atoms with Gasteiger partial charge >= 0.3 is 0 Å². The zero-order chi connectivity index (χ0) is 11.8. The van der Waals surface area contributed by atoms with E-state index in [1.807, 2.05) is 0 Å². The highest BCUT2D eigenvalue weighted by molar-refractivity contribution is 5.76. The number of hydrogen-bond donors (Lipinski definition) is 3. The number of amides is 1. The molecule has 17 heavy (non-hydrogen) atoms. The first-order valence-corrected chi connectivity index (χ1v) is 6.16. The second-order valence-electron chi connectivity index (χ2n) is 4.91. The number of nitrogens with one attached hydrogen (secondary N) is 3. The molecular weight excluding hydrogens is 214 g/mol. The summed E-state index contributed by atoms with van der Waals surface area (Å²) < 4.78 is 0. The van der Waals surface area contributed by atoms with Crippen molar-refractivity contribution in [2.75, 3.05) is 11.9 Å². The molecule has 2 unspecified atom stereocenters. The number of hydrogen-bond acceptors (Lipinski definition) is 3. The van der Waals surface area contributed by atoms with E-state index in [4.69, 9.17) is 0 Å². The van der Waals surface area contributed by atoms with Gasteiger partial charge in [0.05, 0.1) is 6.04 Å². The highest BCUT2D eigenvalue weighted by Gasteiger charge is 2.23. The van der Waals surface area contributed by atoms with Crippen molar-refractivity contribution in [3.05, 3.63) is 29.3 Å². The van der Waals surface area contributed by atoms with Gasteiger partial charge < -0.3 is 5.32 Å². The predicted octanol–water partition coefficient (Wildman–Crippen LogP) is 1.67. The van der Waals surface area contributed by atoms with E-state index >= 15 is 0 Å². The third-order valence-electron chi connectivity index (χ3n) is 3.65. The topological polar surface area (TPSA) is 53.2 Å². The number of carbonyl (C=O) groups excluding carboxylic acids is 1. The molecule has 0 bridgehead atoms. The number of fused-ring (bicyclic) bond motifs is 1. The van der Waals surface area contributed by atoms with Gasteiger partial charge in [0.25, 0.3) is 0 Å². The van der Waals surface area contributed by atoms with Crippen molar-refractivity contribution in [2.24, 2.45) is 0 Å². The summed E-state index contributed by atoms with van der Waals surface area (Å²) in [5.74, 6) is 0.653. The molecule has 0 saturated carbocycles. The lowest BCUT2D eigenvalue weighted by Gasteiger charge is -2.24. The monoisotopic (exact) mass is 231 g/mol. The number of anilines is 1. The van der Waals surface area contributed by atoms with Gasteiger partial charge in [-0.15, -0.1) is 0 Å². The average molecular weight is 231 g/mol. The first-order chi connectivity index (χ1) is 8.24. The molecule has 0 aliphatic carbocycles. The molecule has 0 spiro atoms. The highest BCUT2D eigenvalue weighted by atomic mass is 16.2. The lowest BCUT2D eigenvalue weighted by Crippen LogP contribution is -2.44. The second-order valence-corrected chi connectivity index (χ2v) is 4.91. The SMILES string of the molecule is CC1CNc2ccc(C3CCC(=O)NN3)cc21. The Kier molecular flexibility index (Phi) is 2.52. The van der Waals surface area contributed by atoms with Crippen molar-refractivity contribution >= 4 is 11.6 Å². The highest BCUT2D eigenvalue weighted by Crippen LogP contribution is 2.34. The molecule has 4 heteroatoms. The molecule has 1 fully saturated rings. The molecule has 1 aromatic rings. The normalized spacial score (nSPS) is 27.2. The molecule has 2 aliphatic rings. The first-order valence-electron chi connectivity index (χ1n) is 6.16. The smallest absolute Gasteiger partial charge is 0.234 e. The van der Waals surface area contributed by atoms with Gasteiger partial charge in [-0.1, -0.05) is 19.1 Å². The van der Waals surface area contributed by atoms with E-state index in [9.17, 15) is 4.79 Å². The Morgan fingerprint density at radius 3 is 3.00 bits per heavy atom. The van der Waals surface area contributed by atoms with Gasteiger partial charge in [-0.25, -0.2) is 5.43 Å². The molecule has 3 N–H and O–H groups in total. The van der Waals surface area contributed by atoms with E-state index in [2.05, 4.69) is 41.3 Å². The largest absolute Gasteiger partial charge is 0.384 e. The van der Waals surface area contributed by atoms with Crippen LogP contribution in [0.15, 0.2) is 18.2 Å². The summed E-state index contributed by atoms with van der Waals surface area (Å²) in [5.41, 5.74) is 9.68. The van der Waals surface area contributed by atoms with Gasteiger partial charge in [0.1, 0.15) is 0 Å². The molecule has 2 atom stereocenters. The Hall–Kier alpha value is -1.55. The zero-order valence-corrected chi connectivity index (χ0v) is 9.92. The summed E-state index contributed by atoms with van der Waals surface area (Å²) in [4.78, 5) is 11.1. The summed E-state index contributed by atoms with van der Waals surface area (Å²) in [7, 11) is 0. The number of hydrazine groups is 1. The van der Waals surface area contributed by atoms with E-state index in [0.717, 1.165) is 13.0 Å². The molecule has 1 aromatic carbocycles. The maximum absolute atomic E-state index is 11.1. The Balaban J connectivity index is 1.84. The molecule has 90 valence electrons. The van der Waals surface area contributed by atoms with E-state index in [0.29, 0.717) is 12.3 Å². The minimum absolute atomic E-state index is 0.0810. The second kappa shape index (κ2) is 4.04. The molecule has 4 nitrogen and oxygen atoms in total. The summed E-state index contributed by atoms with van der Waals surface area (Å²) in [6.07, 6.45) is 1.47. The molecule has 2 heterocycles. The molecule has 2 aliphatic heterocycles. The van der Waals surface area contributed by atoms with E-state index in [1.165, 1.54) is 16.8 Å². The molecule has 0 radical (unpaired) electrons. The van der Waals surface area contributed by atoms with Crippen LogP contribution in [0.25, 0.3) is 0 Å². The Morgan fingerprint density at radius 2 is 2.24 bits per heavy atom. The summed E-state index contributed by atoms with van der Waals surface area (Å²) in [6, 6.07) is 6.78. The van der Waals surface area contributed by atoms with Crippen LogP contribution in [0, 0.1) is 0 Å². The molecular formula is C13H17N3O. The maximum atomic E-state index is 11.1. The van der Waals surface area contributed by atoms with E-state index in [-0.39, 0.29) is 11.9 Å². The van der Waals surface area contributed by atoms with Gasteiger partial charge in [0.15, 0.2) is 0 Å². The van der Waals surface area contributed by atoms with Crippen LogP contribution in [0.4, 0.5) is 5.69 Å². The van der Waals surface area contributed by atoms with Gasteiger partial charge in [0.2, 0.25) is 5.91 Å². The average Bonchev–Trinajstić information content (AvgIpc) is 2.72. The lowest BCUT2D eigenvalue weighted by atomic mass is 9.95. The molecule has 1 amide bonds. The number of benzene rings is 1. The molecule has 3 rings (SSSR count).